The minimum Gasteiger partial charge on any atom is -0.226 e. The predicted octanol–water partition coefficient (Wildman–Crippen LogP) is 18.3. The molecule has 0 atom stereocenters. The molecule has 0 spiro atoms. The van der Waals surface area contributed by atoms with E-state index in [1.165, 1.54) is 57.3 Å². The quantitative estimate of drug-likeness (QED) is 0.151. The maximum atomic E-state index is 3.15. The molecule has 0 unspecified atom stereocenters. The molecule has 0 saturated carbocycles. The third kappa shape index (κ3) is 20.4. The van der Waals surface area contributed by atoms with Gasteiger partial charge in [0.1, 0.15) is 0 Å². The summed E-state index contributed by atoms with van der Waals surface area (Å²) >= 11 is 0. The first kappa shape index (κ1) is 60.0. The Balaban J connectivity index is 0.000000757. The normalized spacial score (nSPS) is 9.47. The van der Waals surface area contributed by atoms with Crippen molar-refractivity contribution in [3.8, 4) is 44.5 Å². The van der Waals surface area contributed by atoms with Crippen LogP contribution in [0.3, 0.4) is 0 Å². The van der Waals surface area contributed by atoms with E-state index < -0.39 is 0 Å². The van der Waals surface area contributed by atoms with Crippen LogP contribution in [-0.2, 0) is 78.3 Å². The Hall–Kier alpha value is -4.03. The molecule has 2 radical (unpaired) electrons. The van der Waals surface area contributed by atoms with E-state index in [-0.39, 0.29) is 65.4 Å². The summed E-state index contributed by atoms with van der Waals surface area (Å²) < 4.78 is 0. The predicted molar refractivity (Wildman–Crippen MR) is 274 cm³/mol. The van der Waals surface area contributed by atoms with Crippen LogP contribution in [0.5, 0.6) is 0 Å². The van der Waals surface area contributed by atoms with E-state index in [1.807, 2.05) is 139 Å². The molecule has 8 aromatic carbocycles. The van der Waals surface area contributed by atoms with Gasteiger partial charge in [0.05, 0.1) is 0 Å². The number of fused-ring (bicyclic) bond motifs is 6. The molecule has 0 aliphatic heterocycles. The second kappa shape index (κ2) is 38.3. The summed E-state index contributed by atoms with van der Waals surface area (Å²) in [5, 5.41) is 0. The zero-order valence-electron chi connectivity index (χ0n) is 40.5. The summed E-state index contributed by atoms with van der Waals surface area (Å²) in [6.07, 6.45) is 4.71. The maximum absolute atomic E-state index is 3.15. The van der Waals surface area contributed by atoms with Gasteiger partial charge in [0.25, 0.3) is 0 Å². The van der Waals surface area contributed by atoms with Gasteiger partial charge in [0.15, 0.2) is 0 Å². The fraction of sp³-hybridized carbons (Fsp3) is 0.226. The van der Waals surface area contributed by atoms with Crippen LogP contribution in [0, 0.1) is 24.3 Å². The van der Waals surface area contributed by atoms with Gasteiger partial charge in [-0.1, -0.05) is 179 Å². The average molecular weight is 993 g/mol. The summed E-state index contributed by atoms with van der Waals surface area (Å²) in [6.45, 7) is 20.5. The van der Waals surface area contributed by atoms with Crippen LogP contribution in [-0.4, -0.2) is 0 Å². The maximum Gasteiger partial charge on any atom is 0 e. The van der Waals surface area contributed by atoms with Crippen LogP contribution in [0.25, 0.3) is 44.5 Å². The molecular formula is C62H70Y2-4. The average Bonchev–Trinajstić information content (AvgIpc) is 3.95. The summed E-state index contributed by atoms with van der Waals surface area (Å²) in [4.78, 5) is 0. The molecule has 0 amide bonds. The number of hydrogen-bond donors (Lipinski definition) is 0. The van der Waals surface area contributed by atoms with Gasteiger partial charge in [-0.3, -0.25) is 0 Å². The molecule has 0 aromatic heterocycles. The van der Waals surface area contributed by atoms with Crippen molar-refractivity contribution in [2.75, 3.05) is 0 Å². The van der Waals surface area contributed by atoms with Crippen molar-refractivity contribution >= 4 is 0 Å². The Morgan fingerprint density at radius 1 is 0.281 bits per heavy atom. The second-order valence-electron chi connectivity index (χ2n) is 13.5. The van der Waals surface area contributed by atoms with Gasteiger partial charge in [-0.15, -0.1) is 24.3 Å². The topological polar surface area (TPSA) is 0 Å². The fourth-order valence-corrected chi connectivity index (χ4v) is 6.40. The third-order valence-electron chi connectivity index (χ3n) is 8.83. The van der Waals surface area contributed by atoms with E-state index in [4.69, 9.17) is 0 Å². The molecule has 0 fully saturated rings. The molecule has 64 heavy (non-hydrogen) atoms. The van der Waals surface area contributed by atoms with E-state index in [2.05, 4.69) is 149 Å². The summed E-state index contributed by atoms with van der Waals surface area (Å²) in [6, 6.07) is 78.9. The Morgan fingerprint density at radius 3 is 0.625 bits per heavy atom. The van der Waals surface area contributed by atoms with Gasteiger partial charge in [-0.2, -0.15) is 97.1 Å². The first-order valence-electron chi connectivity index (χ1n) is 22.9. The van der Waals surface area contributed by atoms with Crippen LogP contribution < -0.4 is 0 Å². The Labute approximate surface area is 441 Å². The number of hydrogen-bond acceptors (Lipinski definition) is 0. The van der Waals surface area contributed by atoms with Gasteiger partial charge in [0.2, 0.25) is 0 Å². The van der Waals surface area contributed by atoms with E-state index in [0.717, 1.165) is 35.1 Å². The molecule has 2 aliphatic carbocycles. The van der Waals surface area contributed by atoms with Crippen molar-refractivity contribution in [3.05, 3.63) is 241 Å². The third-order valence-corrected chi connectivity index (χ3v) is 8.83. The Bertz CT molecular complexity index is 1950. The number of benzene rings is 8. The molecule has 8 aromatic rings. The van der Waals surface area contributed by atoms with E-state index in [0.29, 0.717) is 0 Å². The zero-order chi connectivity index (χ0) is 45.2. The fourth-order valence-electron chi connectivity index (χ4n) is 6.40. The minimum absolute atomic E-state index is 0. The molecule has 2 aliphatic rings. The van der Waals surface area contributed by atoms with Gasteiger partial charge in [-0.05, 0) is 57.3 Å². The van der Waals surface area contributed by atoms with Gasteiger partial charge >= 0.3 is 0 Å². The van der Waals surface area contributed by atoms with Crippen LogP contribution >= 0.6 is 0 Å². The molecule has 0 bridgehead atoms. The van der Waals surface area contributed by atoms with Gasteiger partial charge in [0, 0.05) is 65.4 Å². The van der Waals surface area contributed by atoms with Crippen molar-refractivity contribution in [3.63, 3.8) is 0 Å². The van der Waals surface area contributed by atoms with Gasteiger partial charge in [-0.25, -0.2) is 22.3 Å². The first-order valence-corrected chi connectivity index (χ1v) is 22.9. The molecule has 0 nitrogen and oxygen atoms in total. The van der Waals surface area contributed by atoms with Crippen LogP contribution in [0.4, 0.5) is 0 Å². The molecule has 328 valence electrons. The standard InChI is InChI=1S/2C13H10.2C12H8.2C3H8.3C2H6.2Y/c2*1-3-7-12-10(5-1)9-11-6-2-4-8-13(11)12;2*1-3-7-11(8-4-1)12-9-5-2-6-10-12;2*1-3-2;3*1-2;;/h2*1-8H,9H2;2*1-7,9H;2*3H2,1-2H3;3*1-2H3;;/q;;2*-2;;;;;;;. The molecule has 10 rings (SSSR count). The second-order valence-corrected chi connectivity index (χ2v) is 13.5. The monoisotopic (exact) mass is 992 g/mol. The summed E-state index contributed by atoms with van der Waals surface area (Å²) in [7, 11) is 0. The molecule has 0 N–H and O–H groups in total. The van der Waals surface area contributed by atoms with Crippen molar-refractivity contribution in [2.45, 2.75) is 94.9 Å². The van der Waals surface area contributed by atoms with E-state index in [9.17, 15) is 0 Å². The van der Waals surface area contributed by atoms with Crippen LogP contribution in [0.1, 0.15) is 104 Å². The minimum atomic E-state index is 0. The summed E-state index contributed by atoms with van der Waals surface area (Å²) in [5.41, 5.74) is 15.9. The molecular weight excluding hydrogens is 922 g/mol. The summed E-state index contributed by atoms with van der Waals surface area (Å²) in [5.74, 6) is 0. The van der Waals surface area contributed by atoms with Crippen molar-refractivity contribution in [1.29, 1.82) is 0 Å². The molecule has 2 heteroatoms. The smallest absolute Gasteiger partial charge is 0 e. The largest absolute Gasteiger partial charge is 0.226 e. The number of rotatable bonds is 2. The van der Waals surface area contributed by atoms with E-state index >= 15 is 0 Å². The Morgan fingerprint density at radius 2 is 0.453 bits per heavy atom. The van der Waals surface area contributed by atoms with Crippen molar-refractivity contribution in [2.24, 2.45) is 0 Å². The van der Waals surface area contributed by atoms with Crippen molar-refractivity contribution < 1.29 is 65.4 Å². The van der Waals surface area contributed by atoms with Crippen LogP contribution in [0.15, 0.2) is 194 Å². The zero-order valence-corrected chi connectivity index (χ0v) is 46.1. The Kier molecular flexibility index (Phi) is 35.8. The van der Waals surface area contributed by atoms with Gasteiger partial charge < -0.3 is 0 Å². The van der Waals surface area contributed by atoms with Crippen molar-refractivity contribution in [1.82, 2.24) is 0 Å². The first-order chi connectivity index (χ1) is 30.7. The van der Waals surface area contributed by atoms with E-state index in [1.54, 1.807) is 0 Å². The van der Waals surface area contributed by atoms with Crippen LogP contribution in [0.2, 0.25) is 0 Å². The molecule has 0 heterocycles. The molecule has 0 saturated heterocycles. The SMILES string of the molecule is CC.CC.CC.CCC.CCC.[Y].[Y].[c-]1ccccc1-c1[c-]cccc1.[c-]1ccccc1-c1[c-]cccc1.c1ccc2c(c1)Cc1ccccc1-2.c1ccc2c(c1)Cc1ccccc1-2.